The second-order valence-electron chi connectivity index (χ2n) is 9.49. The summed E-state index contributed by atoms with van der Waals surface area (Å²) in [4.78, 5) is 38.0. The van der Waals surface area contributed by atoms with Crippen LogP contribution in [-0.2, 0) is 19.0 Å². The van der Waals surface area contributed by atoms with Gasteiger partial charge in [-0.1, -0.05) is 37.3 Å². The van der Waals surface area contributed by atoms with Crippen molar-refractivity contribution in [2.75, 3.05) is 17.2 Å². The van der Waals surface area contributed by atoms with Crippen molar-refractivity contribution in [3.05, 3.63) is 124 Å². The third-order valence-corrected chi connectivity index (χ3v) is 7.31. The normalized spacial score (nSPS) is 11.2. The maximum absolute atomic E-state index is 13.5. The molecule has 7 nitrogen and oxygen atoms in total. The number of hydrogen-bond acceptors (Lipinski definition) is 5. The Morgan fingerprint density at radius 3 is 2.02 bits per heavy atom. The molecule has 0 radical (unpaired) electrons. The van der Waals surface area contributed by atoms with Crippen LogP contribution in [0.2, 0.25) is 0 Å². The van der Waals surface area contributed by atoms with Crippen LogP contribution in [0.4, 0.5) is 24.5 Å². The number of carbonyl (C=O) groups is 3. The van der Waals surface area contributed by atoms with Crippen molar-refractivity contribution in [1.29, 1.82) is 0 Å². The van der Waals surface area contributed by atoms with Crippen molar-refractivity contribution in [1.82, 2.24) is 4.72 Å². The van der Waals surface area contributed by atoms with Gasteiger partial charge in [0.2, 0.25) is 0 Å². The SMILES string of the molecule is CCNSc1cccc(C(=O)Nc2ccc(C(F)(F)F)cc2C(=O)Nc2ccc(CCc3ccc(C(=O)O)cc3)cc2)c1. The molecule has 0 fully saturated rings. The summed E-state index contributed by atoms with van der Waals surface area (Å²) in [5.41, 5.74) is 1.34. The Balaban J connectivity index is 1.47. The molecule has 4 N–H and O–H groups in total. The molecule has 0 bridgehead atoms. The lowest BCUT2D eigenvalue weighted by Gasteiger charge is -2.15. The summed E-state index contributed by atoms with van der Waals surface area (Å²) in [6.07, 6.45) is -3.38. The van der Waals surface area contributed by atoms with Crippen molar-refractivity contribution in [2.45, 2.75) is 30.8 Å². The molecule has 0 aliphatic rings. The van der Waals surface area contributed by atoms with Crippen molar-refractivity contribution in [3.8, 4) is 0 Å². The summed E-state index contributed by atoms with van der Waals surface area (Å²) in [7, 11) is 0. The number of carboxylic acids is 1. The molecule has 43 heavy (non-hydrogen) atoms. The van der Waals surface area contributed by atoms with Crippen LogP contribution < -0.4 is 15.4 Å². The number of nitrogens with one attached hydrogen (secondary N) is 3. The molecule has 222 valence electrons. The van der Waals surface area contributed by atoms with Crippen LogP contribution in [0.5, 0.6) is 0 Å². The topological polar surface area (TPSA) is 108 Å². The summed E-state index contributed by atoms with van der Waals surface area (Å²) in [6, 6.07) is 22.7. The van der Waals surface area contributed by atoms with Crippen molar-refractivity contribution >= 4 is 41.1 Å². The number of amides is 2. The maximum Gasteiger partial charge on any atom is 0.416 e. The van der Waals surface area contributed by atoms with E-state index in [2.05, 4.69) is 15.4 Å². The van der Waals surface area contributed by atoms with E-state index in [0.29, 0.717) is 31.1 Å². The zero-order valence-corrected chi connectivity index (χ0v) is 23.8. The van der Waals surface area contributed by atoms with E-state index in [0.717, 1.165) is 28.2 Å². The second-order valence-corrected chi connectivity index (χ2v) is 10.5. The van der Waals surface area contributed by atoms with Crippen LogP contribution in [-0.4, -0.2) is 29.4 Å². The molecule has 0 unspecified atom stereocenters. The number of carboxylic acid groups (broad SMARTS) is 1. The predicted molar refractivity (Wildman–Crippen MR) is 161 cm³/mol. The van der Waals surface area contributed by atoms with Gasteiger partial charge in [0.25, 0.3) is 11.8 Å². The van der Waals surface area contributed by atoms with Gasteiger partial charge in [0.05, 0.1) is 22.4 Å². The highest BCUT2D eigenvalue weighted by Gasteiger charge is 2.32. The molecular formula is C32H28F3N3O4S. The van der Waals surface area contributed by atoms with E-state index in [9.17, 15) is 27.6 Å². The summed E-state index contributed by atoms with van der Waals surface area (Å²) in [5, 5.41) is 14.2. The molecule has 0 aromatic heterocycles. The van der Waals surface area contributed by atoms with Gasteiger partial charge in [0.1, 0.15) is 0 Å². The van der Waals surface area contributed by atoms with Crippen LogP contribution in [0.1, 0.15) is 54.7 Å². The van der Waals surface area contributed by atoms with Gasteiger partial charge in [-0.25, -0.2) is 4.79 Å². The maximum atomic E-state index is 13.5. The molecule has 0 spiro atoms. The van der Waals surface area contributed by atoms with Gasteiger partial charge < -0.3 is 15.7 Å². The zero-order valence-electron chi connectivity index (χ0n) is 23.0. The lowest BCUT2D eigenvalue weighted by atomic mass is 10.0. The number of anilines is 2. The summed E-state index contributed by atoms with van der Waals surface area (Å²) in [5.74, 6) is -2.38. The van der Waals surface area contributed by atoms with E-state index in [1.807, 2.05) is 13.0 Å². The van der Waals surface area contributed by atoms with E-state index in [4.69, 9.17) is 5.11 Å². The van der Waals surface area contributed by atoms with Crippen LogP contribution in [0.3, 0.4) is 0 Å². The van der Waals surface area contributed by atoms with Crippen LogP contribution in [0.15, 0.2) is 95.9 Å². The number of rotatable bonds is 11. The number of alkyl halides is 3. The Kier molecular flexibility index (Phi) is 10.2. The monoisotopic (exact) mass is 607 g/mol. The van der Waals surface area contributed by atoms with Crippen LogP contribution >= 0.6 is 11.9 Å². The van der Waals surface area contributed by atoms with Gasteiger partial charge in [-0.2, -0.15) is 13.2 Å². The first-order valence-electron chi connectivity index (χ1n) is 13.3. The highest BCUT2D eigenvalue weighted by molar-refractivity contribution is 7.97. The van der Waals surface area contributed by atoms with E-state index in [1.54, 1.807) is 66.7 Å². The zero-order chi connectivity index (χ0) is 31.0. The van der Waals surface area contributed by atoms with Crippen molar-refractivity contribution < 1.29 is 32.7 Å². The number of carbonyl (C=O) groups excluding carboxylic acids is 2. The molecule has 11 heteroatoms. The lowest BCUT2D eigenvalue weighted by Crippen LogP contribution is -2.19. The Morgan fingerprint density at radius 1 is 0.767 bits per heavy atom. The molecule has 2 amide bonds. The molecular weight excluding hydrogens is 579 g/mol. The van der Waals surface area contributed by atoms with Crippen LogP contribution in [0.25, 0.3) is 0 Å². The number of halogens is 3. The summed E-state index contributed by atoms with van der Waals surface area (Å²) < 4.78 is 43.6. The molecule has 0 saturated carbocycles. The fourth-order valence-corrected chi connectivity index (χ4v) is 4.77. The van der Waals surface area contributed by atoms with Gasteiger partial charge in [-0.15, -0.1) is 0 Å². The minimum Gasteiger partial charge on any atom is -0.478 e. The first kappa shape index (κ1) is 31.3. The molecule has 0 atom stereocenters. The fraction of sp³-hybridized carbons (Fsp3) is 0.156. The minimum atomic E-state index is -4.69. The molecule has 4 aromatic carbocycles. The molecule has 4 aromatic rings. The third kappa shape index (κ3) is 8.69. The van der Waals surface area contributed by atoms with Gasteiger partial charge in [0, 0.05) is 22.7 Å². The highest BCUT2D eigenvalue weighted by Crippen LogP contribution is 2.32. The average Bonchev–Trinajstić information content (AvgIpc) is 2.99. The minimum absolute atomic E-state index is 0.0641. The number of aryl methyl sites for hydroxylation is 2. The summed E-state index contributed by atoms with van der Waals surface area (Å²) >= 11 is 1.34. The molecule has 4 rings (SSSR count). The average molecular weight is 608 g/mol. The Labute approximate surface area is 250 Å². The number of benzene rings is 4. The predicted octanol–water partition coefficient (Wildman–Crippen LogP) is 7.31. The number of hydrogen-bond donors (Lipinski definition) is 4. The standard InChI is InChI=1S/C32H28F3N3O4S/c1-2-36-43-26-5-3-4-23(18-26)29(39)38-28-17-14-24(32(33,34)35)19-27(28)30(40)37-25-15-10-21(11-16-25)7-6-20-8-12-22(13-9-20)31(41)42/h3-5,8-19,36H,2,6-7H2,1H3,(H,37,40)(H,38,39)(H,41,42). The van der Waals surface area contributed by atoms with Crippen molar-refractivity contribution in [2.24, 2.45) is 0 Å². The smallest absolute Gasteiger partial charge is 0.416 e. The Hall–Kier alpha value is -4.61. The van der Waals surface area contributed by atoms with Crippen LogP contribution in [0, 0.1) is 0 Å². The fourth-order valence-electron chi connectivity index (χ4n) is 4.12. The quantitative estimate of drug-likeness (QED) is 0.133. The Bertz CT molecular complexity index is 1610. The molecule has 0 aliphatic heterocycles. The van der Waals surface area contributed by atoms with Crippen molar-refractivity contribution in [3.63, 3.8) is 0 Å². The van der Waals surface area contributed by atoms with E-state index < -0.39 is 29.5 Å². The highest BCUT2D eigenvalue weighted by atomic mass is 32.2. The molecule has 0 heterocycles. The lowest BCUT2D eigenvalue weighted by molar-refractivity contribution is -0.137. The summed E-state index contributed by atoms with van der Waals surface area (Å²) in [6.45, 7) is 2.64. The second kappa shape index (κ2) is 14.0. The largest absolute Gasteiger partial charge is 0.478 e. The van der Waals surface area contributed by atoms with Gasteiger partial charge in [-0.3, -0.25) is 14.3 Å². The third-order valence-electron chi connectivity index (χ3n) is 6.39. The van der Waals surface area contributed by atoms with E-state index in [1.165, 1.54) is 11.9 Å². The Morgan fingerprint density at radius 2 is 1.42 bits per heavy atom. The first-order chi connectivity index (χ1) is 20.5. The van der Waals surface area contributed by atoms with Gasteiger partial charge in [0.15, 0.2) is 0 Å². The molecule has 0 aliphatic carbocycles. The molecule has 0 saturated heterocycles. The van der Waals surface area contributed by atoms with Gasteiger partial charge >= 0.3 is 12.1 Å². The number of aromatic carboxylic acids is 1. The van der Waals surface area contributed by atoms with E-state index in [-0.39, 0.29) is 22.4 Å². The van der Waals surface area contributed by atoms with Gasteiger partial charge in [-0.05, 0) is 96.6 Å². The van der Waals surface area contributed by atoms with E-state index >= 15 is 0 Å². The first-order valence-corrected chi connectivity index (χ1v) is 14.1.